The number of carbonyl (C=O) groups excluding carboxylic acids is 1. The number of halogens is 1. The fraction of sp³-hybridized carbons (Fsp3) is 0.200. The van der Waals surface area contributed by atoms with Gasteiger partial charge in [-0.15, -0.1) is 23.1 Å². The van der Waals surface area contributed by atoms with Crippen molar-refractivity contribution in [1.29, 1.82) is 0 Å². The van der Waals surface area contributed by atoms with Crippen LogP contribution in [0.4, 0.5) is 5.13 Å². The number of amides is 1. The number of thiazole rings is 1. The van der Waals surface area contributed by atoms with Crippen molar-refractivity contribution in [2.24, 2.45) is 0 Å². The number of hydrogen-bond acceptors (Lipinski definition) is 4. The van der Waals surface area contributed by atoms with Crippen LogP contribution in [0.2, 0.25) is 5.02 Å². The van der Waals surface area contributed by atoms with Gasteiger partial charge in [0.2, 0.25) is 5.91 Å². The summed E-state index contributed by atoms with van der Waals surface area (Å²) >= 11 is 8.82. The Balaban J connectivity index is 1.62. The smallest absolute Gasteiger partial charge is 0.239 e. The quantitative estimate of drug-likeness (QED) is 0.503. The molecule has 0 fully saturated rings. The number of anilines is 1. The fourth-order valence-electron chi connectivity index (χ4n) is 2.35. The van der Waals surface area contributed by atoms with Crippen molar-refractivity contribution >= 4 is 45.7 Å². The van der Waals surface area contributed by atoms with E-state index in [9.17, 15) is 4.79 Å². The highest BCUT2D eigenvalue weighted by Gasteiger charge is 2.16. The first-order valence-corrected chi connectivity index (χ1v) is 10.5. The molecule has 0 bridgehead atoms. The maximum Gasteiger partial charge on any atom is 0.239 e. The van der Waals surface area contributed by atoms with E-state index in [4.69, 9.17) is 11.6 Å². The molecule has 3 aromatic rings. The average Bonchev–Trinajstić information content (AvgIpc) is 3.12. The highest BCUT2D eigenvalue weighted by atomic mass is 35.5. The molecule has 0 spiro atoms. The Morgan fingerprint density at radius 1 is 1.19 bits per heavy atom. The number of carbonyl (C=O) groups is 1. The van der Waals surface area contributed by atoms with Crippen molar-refractivity contribution in [1.82, 2.24) is 4.98 Å². The lowest BCUT2D eigenvalue weighted by molar-refractivity contribution is -0.115. The number of nitrogens with one attached hydrogen (secondary N) is 1. The molecule has 0 saturated carbocycles. The van der Waals surface area contributed by atoms with E-state index in [-0.39, 0.29) is 11.2 Å². The summed E-state index contributed by atoms with van der Waals surface area (Å²) in [6.07, 6.45) is 1.02. The maximum atomic E-state index is 12.4. The van der Waals surface area contributed by atoms with Gasteiger partial charge in [-0.1, -0.05) is 42.8 Å². The normalized spacial score (nSPS) is 12.0. The summed E-state index contributed by atoms with van der Waals surface area (Å²) in [6.45, 7) is 4.02. The summed E-state index contributed by atoms with van der Waals surface area (Å²) in [7, 11) is 0. The third kappa shape index (κ3) is 4.87. The van der Waals surface area contributed by atoms with E-state index in [1.165, 1.54) is 28.7 Å². The number of aryl methyl sites for hydroxylation is 1. The van der Waals surface area contributed by atoms with Crippen LogP contribution in [-0.4, -0.2) is 16.1 Å². The zero-order valence-electron chi connectivity index (χ0n) is 14.5. The van der Waals surface area contributed by atoms with Crippen molar-refractivity contribution in [3.63, 3.8) is 0 Å². The second-order valence-electron chi connectivity index (χ2n) is 5.79. The van der Waals surface area contributed by atoms with Crippen LogP contribution in [0.5, 0.6) is 0 Å². The zero-order chi connectivity index (χ0) is 18.5. The summed E-state index contributed by atoms with van der Waals surface area (Å²) in [5, 5.41) is 5.95. The van der Waals surface area contributed by atoms with E-state index in [0.29, 0.717) is 10.2 Å². The minimum Gasteiger partial charge on any atom is -0.301 e. The summed E-state index contributed by atoms with van der Waals surface area (Å²) in [4.78, 5) is 18.0. The molecule has 0 aliphatic heterocycles. The molecule has 0 radical (unpaired) electrons. The van der Waals surface area contributed by atoms with E-state index in [2.05, 4.69) is 41.5 Å². The van der Waals surface area contributed by atoms with Gasteiger partial charge in [0.05, 0.1) is 10.9 Å². The topological polar surface area (TPSA) is 42.0 Å². The van der Waals surface area contributed by atoms with Gasteiger partial charge < -0.3 is 5.32 Å². The minimum absolute atomic E-state index is 0.0628. The number of aromatic nitrogens is 1. The molecular weight excluding hydrogens is 384 g/mol. The number of benzene rings is 2. The van der Waals surface area contributed by atoms with Crippen LogP contribution in [0.15, 0.2) is 58.8 Å². The molecule has 1 heterocycles. The van der Waals surface area contributed by atoms with Gasteiger partial charge in [-0.2, -0.15) is 0 Å². The third-order valence-electron chi connectivity index (χ3n) is 3.89. The van der Waals surface area contributed by atoms with Gasteiger partial charge in [0.15, 0.2) is 5.13 Å². The van der Waals surface area contributed by atoms with E-state index in [1.807, 2.05) is 36.6 Å². The number of hydrogen-bond donors (Lipinski definition) is 1. The van der Waals surface area contributed by atoms with Gasteiger partial charge in [-0.05, 0) is 43.2 Å². The molecule has 0 unspecified atom stereocenters. The molecule has 0 aliphatic carbocycles. The second-order valence-corrected chi connectivity index (χ2v) is 8.50. The Kier molecular flexibility index (Phi) is 6.35. The summed E-state index contributed by atoms with van der Waals surface area (Å²) < 4.78 is 0. The second kappa shape index (κ2) is 8.71. The van der Waals surface area contributed by atoms with Gasteiger partial charge in [0.1, 0.15) is 0 Å². The number of nitrogens with zero attached hydrogens (tertiary/aromatic N) is 1. The van der Waals surface area contributed by atoms with Crippen molar-refractivity contribution in [2.75, 3.05) is 5.32 Å². The lowest BCUT2D eigenvalue weighted by Gasteiger charge is -2.10. The molecule has 3 nitrogen and oxygen atoms in total. The minimum atomic E-state index is -0.229. The largest absolute Gasteiger partial charge is 0.301 e. The molecular formula is C20H19ClN2OS2. The molecule has 1 amide bonds. The Hall–Kier alpha value is -1.82. The van der Waals surface area contributed by atoms with Gasteiger partial charge >= 0.3 is 0 Å². The van der Waals surface area contributed by atoms with Crippen molar-refractivity contribution in [3.05, 3.63) is 64.5 Å². The standard InChI is InChI=1S/C20H19ClN2OS2/c1-3-14-4-6-15(7-5-14)18-12-25-20(22-18)23-19(24)13(2)26-17-10-8-16(21)9-11-17/h4-13H,3H2,1-2H3,(H,22,23,24)/t13-/m1/s1. The SMILES string of the molecule is CCc1ccc(-c2csc(NC(=O)[C@@H](C)Sc3ccc(Cl)cc3)n2)cc1. The van der Waals surface area contributed by atoms with Gasteiger partial charge in [0, 0.05) is 20.9 Å². The highest BCUT2D eigenvalue weighted by molar-refractivity contribution is 8.00. The van der Waals surface area contributed by atoms with Crippen molar-refractivity contribution in [3.8, 4) is 11.3 Å². The van der Waals surface area contributed by atoms with Gasteiger partial charge in [-0.25, -0.2) is 4.98 Å². The summed E-state index contributed by atoms with van der Waals surface area (Å²) in [5.41, 5.74) is 3.24. The third-order valence-corrected chi connectivity index (χ3v) is 6.01. The van der Waals surface area contributed by atoms with Crippen LogP contribution >= 0.6 is 34.7 Å². The molecule has 6 heteroatoms. The molecule has 1 aromatic heterocycles. The lowest BCUT2D eigenvalue weighted by Crippen LogP contribution is -2.22. The summed E-state index contributed by atoms with van der Waals surface area (Å²) in [6, 6.07) is 15.8. The van der Waals surface area contributed by atoms with Crippen LogP contribution < -0.4 is 5.32 Å². The Labute approximate surface area is 166 Å². The first kappa shape index (κ1) is 19.0. The zero-order valence-corrected chi connectivity index (χ0v) is 16.9. The highest BCUT2D eigenvalue weighted by Crippen LogP contribution is 2.28. The summed E-state index contributed by atoms with van der Waals surface area (Å²) in [5.74, 6) is -0.0628. The van der Waals surface area contributed by atoms with Crippen LogP contribution in [0.3, 0.4) is 0 Å². The molecule has 3 rings (SSSR count). The molecule has 1 atom stereocenters. The number of thioether (sulfide) groups is 1. The Morgan fingerprint density at radius 2 is 1.88 bits per heavy atom. The van der Waals surface area contributed by atoms with E-state index in [0.717, 1.165) is 22.6 Å². The van der Waals surface area contributed by atoms with Crippen LogP contribution in [0.25, 0.3) is 11.3 Å². The number of rotatable bonds is 6. The molecule has 134 valence electrons. The Bertz CT molecular complexity index is 876. The molecule has 2 aromatic carbocycles. The van der Waals surface area contributed by atoms with E-state index < -0.39 is 0 Å². The predicted molar refractivity (Wildman–Crippen MR) is 112 cm³/mol. The van der Waals surface area contributed by atoms with E-state index >= 15 is 0 Å². The van der Waals surface area contributed by atoms with Gasteiger partial charge in [0.25, 0.3) is 0 Å². The van der Waals surface area contributed by atoms with Crippen molar-refractivity contribution in [2.45, 2.75) is 30.4 Å². The van der Waals surface area contributed by atoms with E-state index in [1.54, 1.807) is 0 Å². The average molecular weight is 403 g/mol. The Morgan fingerprint density at radius 3 is 2.54 bits per heavy atom. The fourth-order valence-corrected chi connectivity index (χ4v) is 4.07. The first-order chi connectivity index (χ1) is 12.5. The van der Waals surface area contributed by atoms with Gasteiger partial charge in [-0.3, -0.25) is 4.79 Å². The van der Waals surface area contributed by atoms with Crippen LogP contribution in [-0.2, 0) is 11.2 Å². The maximum absolute atomic E-state index is 12.4. The van der Waals surface area contributed by atoms with Crippen LogP contribution in [0, 0.1) is 0 Å². The van der Waals surface area contributed by atoms with Crippen LogP contribution in [0.1, 0.15) is 19.4 Å². The first-order valence-electron chi connectivity index (χ1n) is 8.33. The lowest BCUT2D eigenvalue weighted by atomic mass is 10.1. The predicted octanol–water partition coefficient (Wildman–Crippen LogP) is 6.15. The molecule has 26 heavy (non-hydrogen) atoms. The molecule has 0 saturated heterocycles. The molecule has 0 aliphatic rings. The van der Waals surface area contributed by atoms with Crippen molar-refractivity contribution < 1.29 is 4.79 Å². The molecule has 1 N–H and O–H groups in total. The monoisotopic (exact) mass is 402 g/mol.